The number of nitrogens with two attached hydrogens (primary N) is 1. The number of halogens is 3. The zero-order valence-electron chi connectivity index (χ0n) is 16.7. The number of hydrogen-bond donors (Lipinski definition) is 5. The first-order chi connectivity index (χ1) is 15.0. The van der Waals surface area contributed by atoms with E-state index >= 15 is 0 Å². The van der Waals surface area contributed by atoms with Gasteiger partial charge in [0.1, 0.15) is 11.5 Å². The number of alkyl halides is 3. The van der Waals surface area contributed by atoms with Crippen LogP contribution in [-0.2, 0) is 14.3 Å². The Hall–Kier alpha value is -3.74. The zero-order valence-corrected chi connectivity index (χ0v) is 16.7. The number of rotatable bonds is 6. The van der Waals surface area contributed by atoms with E-state index in [-0.39, 0.29) is 43.1 Å². The van der Waals surface area contributed by atoms with Gasteiger partial charge in [0.05, 0.1) is 19.3 Å². The predicted molar refractivity (Wildman–Crippen MR) is 107 cm³/mol. The summed E-state index contributed by atoms with van der Waals surface area (Å²) in [5.41, 5.74) is 5.03. The van der Waals surface area contributed by atoms with Crippen molar-refractivity contribution in [3.8, 4) is 0 Å². The van der Waals surface area contributed by atoms with Gasteiger partial charge in [-0.2, -0.15) is 13.2 Å². The maximum atomic E-state index is 12.4. The van der Waals surface area contributed by atoms with Crippen LogP contribution in [0.3, 0.4) is 0 Å². The van der Waals surface area contributed by atoms with Crippen LogP contribution in [0.2, 0.25) is 0 Å². The molecule has 0 saturated carbocycles. The molecule has 172 valence electrons. The molecule has 6 N–H and O–H groups in total. The van der Waals surface area contributed by atoms with Crippen molar-refractivity contribution in [2.24, 2.45) is 5.73 Å². The van der Waals surface area contributed by atoms with E-state index in [2.05, 4.69) is 5.32 Å². The van der Waals surface area contributed by atoms with E-state index in [0.29, 0.717) is 0 Å². The van der Waals surface area contributed by atoms with Crippen molar-refractivity contribution >= 4 is 29.3 Å². The van der Waals surface area contributed by atoms with Gasteiger partial charge in [-0.3, -0.25) is 25.2 Å². The molecular weight excluding hydrogens is 433 g/mol. The van der Waals surface area contributed by atoms with Crippen molar-refractivity contribution in [2.45, 2.75) is 12.2 Å². The lowest BCUT2D eigenvalue weighted by molar-refractivity contribution is -0.171. The quantitative estimate of drug-likeness (QED) is 0.305. The fourth-order valence-electron chi connectivity index (χ4n) is 2.77. The number of nitrogens with zero attached hydrogens (tertiary/aromatic N) is 1. The lowest BCUT2D eigenvalue weighted by Crippen LogP contribution is -2.55. The number of amides is 3. The Labute approximate surface area is 180 Å². The van der Waals surface area contributed by atoms with Crippen LogP contribution in [0.1, 0.15) is 15.9 Å². The lowest BCUT2D eigenvalue weighted by Gasteiger charge is -2.35. The Morgan fingerprint density at radius 3 is 2.41 bits per heavy atom. The van der Waals surface area contributed by atoms with Crippen LogP contribution in [0.25, 0.3) is 0 Å². The predicted octanol–water partition coefficient (Wildman–Crippen LogP) is 0.140. The van der Waals surface area contributed by atoms with Crippen LogP contribution in [0, 0.1) is 10.8 Å². The van der Waals surface area contributed by atoms with Crippen LogP contribution in [0.4, 0.5) is 13.2 Å². The number of ether oxygens (including phenoxy) is 1. The molecule has 0 spiro atoms. The minimum Gasteiger partial charge on any atom is -0.405 e. The molecule has 1 aromatic rings. The molecule has 3 amide bonds. The summed E-state index contributed by atoms with van der Waals surface area (Å²) in [6.45, 7) is 0.707. The number of benzene rings is 1. The summed E-state index contributed by atoms with van der Waals surface area (Å²) in [5.74, 6) is -4.12. The third kappa shape index (κ3) is 6.38. The normalized spacial score (nSPS) is 16.5. The van der Waals surface area contributed by atoms with Crippen LogP contribution in [-0.4, -0.2) is 72.7 Å². The maximum Gasteiger partial charge on any atom is 0.471 e. The van der Waals surface area contributed by atoms with E-state index in [1.807, 2.05) is 0 Å². The maximum absolute atomic E-state index is 12.4. The van der Waals surface area contributed by atoms with Crippen molar-refractivity contribution in [1.29, 1.82) is 10.8 Å². The fourth-order valence-corrected chi connectivity index (χ4v) is 2.77. The molecule has 0 aliphatic carbocycles. The highest BCUT2D eigenvalue weighted by molar-refractivity contribution is 6.42. The standard InChI is InChI=1S/C19H21F3N6O4/c20-19(21,22)18(31)27-15(25)11-1-3-12(4-2-11)16(29)26-9-13-10-32-8-7-28(13)17(30)14(24)5-6-23/h1-6,13,24H,7-10,23H2,(H,26,29)(H2,25,27,31)/b6-5-,24-14?/t13-/m0/s1. The number of nitrogens with one attached hydrogen (secondary N) is 4. The first-order valence-corrected chi connectivity index (χ1v) is 9.25. The van der Waals surface area contributed by atoms with Gasteiger partial charge in [0.25, 0.3) is 11.8 Å². The molecule has 32 heavy (non-hydrogen) atoms. The molecule has 1 heterocycles. The summed E-state index contributed by atoms with van der Waals surface area (Å²) in [6.07, 6.45) is -2.89. The molecule has 1 aliphatic heterocycles. The largest absolute Gasteiger partial charge is 0.471 e. The second kappa shape index (κ2) is 10.5. The van der Waals surface area contributed by atoms with Crippen molar-refractivity contribution in [3.05, 3.63) is 47.7 Å². The van der Waals surface area contributed by atoms with E-state index in [1.54, 1.807) is 0 Å². The highest BCUT2D eigenvalue weighted by Gasteiger charge is 2.39. The second-order valence-corrected chi connectivity index (χ2v) is 6.61. The number of amidine groups is 1. The van der Waals surface area contributed by atoms with Crippen LogP contribution in [0.15, 0.2) is 36.5 Å². The summed E-state index contributed by atoms with van der Waals surface area (Å²) in [5, 5.41) is 19.3. The minimum absolute atomic E-state index is 0.0249. The monoisotopic (exact) mass is 454 g/mol. The van der Waals surface area contributed by atoms with Crippen molar-refractivity contribution in [3.63, 3.8) is 0 Å². The third-order valence-electron chi connectivity index (χ3n) is 4.41. The highest BCUT2D eigenvalue weighted by Crippen LogP contribution is 2.15. The minimum atomic E-state index is -5.12. The van der Waals surface area contributed by atoms with Gasteiger partial charge in [0.15, 0.2) is 0 Å². The smallest absolute Gasteiger partial charge is 0.405 e. The molecule has 0 radical (unpaired) electrons. The molecule has 1 saturated heterocycles. The Kier molecular flexibility index (Phi) is 8.07. The van der Waals surface area contributed by atoms with E-state index in [9.17, 15) is 27.6 Å². The van der Waals surface area contributed by atoms with E-state index in [4.69, 9.17) is 21.3 Å². The van der Waals surface area contributed by atoms with E-state index in [0.717, 1.165) is 12.3 Å². The third-order valence-corrected chi connectivity index (χ3v) is 4.41. The summed E-state index contributed by atoms with van der Waals surface area (Å²) in [7, 11) is 0. The van der Waals surface area contributed by atoms with Crippen LogP contribution < -0.4 is 16.4 Å². The van der Waals surface area contributed by atoms with Crippen LogP contribution in [0.5, 0.6) is 0 Å². The van der Waals surface area contributed by atoms with Gasteiger partial charge in [0.2, 0.25) is 0 Å². The van der Waals surface area contributed by atoms with Crippen molar-refractivity contribution in [2.75, 3.05) is 26.3 Å². The first-order valence-electron chi connectivity index (χ1n) is 9.25. The Balaban J connectivity index is 1.97. The summed E-state index contributed by atoms with van der Waals surface area (Å²) in [6, 6.07) is 4.47. The average molecular weight is 454 g/mol. The molecule has 10 nitrogen and oxygen atoms in total. The van der Waals surface area contributed by atoms with Crippen LogP contribution >= 0.6 is 0 Å². The number of hydrogen-bond acceptors (Lipinski definition) is 7. The van der Waals surface area contributed by atoms with E-state index < -0.39 is 35.8 Å². The number of carbonyl (C=O) groups is 3. The van der Waals surface area contributed by atoms with E-state index in [1.165, 1.54) is 34.5 Å². The molecule has 2 rings (SSSR count). The van der Waals surface area contributed by atoms with Crippen molar-refractivity contribution < 1.29 is 32.3 Å². The van der Waals surface area contributed by atoms with Gasteiger partial charge in [0, 0.05) is 24.2 Å². The lowest BCUT2D eigenvalue weighted by atomic mass is 10.1. The molecular formula is C19H21F3N6O4. The Bertz CT molecular complexity index is 930. The Morgan fingerprint density at radius 1 is 1.19 bits per heavy atom. The first kappa shape index (κ1) is 24.5. The topological polar surface area (TPSA) is 161 Å². The van der Waals surface area contributed by atoms with Gasteiger partial charge in [-0.1, -0.05) is 12.1 Å². The van der Waals surface area contributed by atoms with Gasteiger partial charge in [-0.15, -0.1) is 0 Å². The molecule has 1 fully saturated rings. The highest BCUT2D eigenvalue weighted by atomic mass is 19.4. The Morgan fingerprint density at radius 2 is 1.81 bits per heavy atom. The van der Waals surface area contributed by atoms with Crippen molar-refractivity contribution in [1.82, 2.24) is 15.5 Å². The fraction of sp³-hybridized carbons (Fsp3) is 0.316. The SMILES string of the molecule is N=C(/C=C\N)C(=O)N1CCOC[C@@H]1CNC(=O)c1ccc(C(=N)NC(=O)C(F)(F)F)cc1. The number of morpholine rings is 1. The summed E-state index contributed by atoms with van der Waals surface area (Å²) >= 11 is 0. The van der Waals surface area contributed by atoms with Gasteiger partial charge < -0.3 is 26.0 Å². The molecule has 1 aliphatic rings. The zero-order chi connectivity index (χ0) is 23.9. The molecule has 13 heteroatoms. The molecule has 1 atom stereocenters. The molecule has 0 unspecified atom stereocenters. The molecule has 0 bridgehead atoms. The number of carbonyl (C=O) groups excluding carboxylic acids is 3. The van der Waals surface area contributed by atoms with Gasteiger partial charge in [-0.05, 0) is 24.4 Å². The second-order valence-electron chi connectivity index (χ2n) is 6.61. The average Bonchev–Trinajstić information content (AvgIpc) is 2.76. The molecule has 1 aromatic carbocycles. The summed E-state index contributed by atoms with van der Waals surface area (Å²) < 4.78 is 42.2. The summed E-state index contributed by atoms with van der Waals surface area (Å²) in [4.78, 5) is 37.1. The molecule has 0 aromatic heterocycles. The van der Waals surface area contributed by atoms with Gasteiger partial charge >= 0.3 is 12.1 Å². The van der Waals surface area contributed by atoms with Gasteiger partial charge in [-0.25, -0.2) is 0 Å².